The number of nitrogens with zero attached hydrogens (tertiary/aromatic N) is 1. The molecule has 0 saturated carbocycles. The number of benzene rings is 2. The lowest BCUT2D eigenvalue weighted by molar-refractivity contribution is -0.116. The van der Waals surface area contributed by atoms with E-state index in [-0.39, 0.29) is 35.0 Å². The van der Waals surface area contributed by atoms with Gasteiger partial charge >= 0.3 is 0 Å². The Morgan fingerprint density at radius 3 is 2.58 bits per heavy atom. The van der Waals surface area contributed by atoms with Crippen molar-refractivity contribution in [2.75, 3.05) is 22.2 Å². The van der Waals surface area contributed by atoms with Crippen LogP contribution in [0.2, 0.25) is 0 Å². The Hall–Kier alpha value is -1.86. The highest BCUT2D eigenvalue weighted by Gasteiger charge is 2.35. The molecule has 1 heterocycles. The van der Waals surface area contributed by atoms with Crippen LogP contribution in [-0.4, -0.2) is 37.6 Å². The molecule has 1 atom stereocenters. The number of rotatable bonds is 6. The molecule has 7 heteroatoms. The summed E-state index contributed by atoms with van der Waals surface area (Å²) < 4.78 is 36.9. The molecule has 1 amide bonds. The van der Waals surface area contributed by atoms with E-state index in [1.807, 2.05) is 36.4 Å². The first-order valence-corrected chi connectivity index (χ1v) is 11.3. The minimum Gasteiger partial charge on any atom is -0.308 e. The number of anilines is 1. The topological polar surface area (TPSA) is 54.5 Å². The molecule has 0 bridgehead atoms. The van der Waals surface area contributed by atoms with E-state index in [0.29, 0.717) is 17.9 Å². The standard InChI is InChI=1S/C19H20FNO3S2/c20-16-6-4-5-15(11-16)12-25-13-19(22)21(17-7-2-1-3-8-17)18-9-10-26(23,24)14-18/h1-8,11,18H,9-10,12-14H2/t18-/m1/s1. The van der Waals surface area contributed by atoms with Crippen molar-refractivity contribution in [2.24, 2.45) is 0 Å². The predicted molar refractivity (Wildman–Crippen MR) is 104 cm³/mol. The van der Waals surface area contributed by atoms with Crippen molar-refractivity contribution >= 4 is 33.2 Å². The van der Waals surface area contributed by atoms with Gasteiger partial charge in [-0.1, -0.05) is 30.3 Å². The van der Waals surface area contributed by atoms with Crippen LogP contribution in [0.4, 0.5) is 10.1 Å². The predicted octanol–water partition coefficient (Wildman–Crippen LogP) is 3.28. The Morgan fingerprint density at radius 2 is 1.92 bits per heavy atom. The average molecular weight is 394 g/mol. The number of carbonyl (C=O) groups excluding carboxylic acids is 1. The Labute approximate surface area is 157 Å². The molecule has 138 valence electrons. The van der Waals surface area contributed by atoms with Gasteiger partial charge in [-0.25, -0.2) is 12.8 Å². The van der Waals surface area contributed by atoms with Gasteiger partial charge in [0.25, 0.3) is 0 Å². The normalized spacial score (nSPS) is 18.6. The largest absolute Gasteiger partial charge is 0.308 e. The fraction of sp³-hybridized carbons (Fsp3) is 0.316. The number of hydrogen-bond donors (Lipinski definition) is 0. The van der Waals surface area contributed by atoms with Crippen LogP contribution in [0.15, 0.2) is 54.6 Å². The Bertz CT molecular complexity index is 871. The number of hydrogen-bond acceptors (Lipinski definition) is 4. The molecule has 1 saturated heterocycles. The van der Waals surface area contributed by atoms with Crippen molar-refractivity contribution < 1.29 is 17.6 Å². The first kappa shape index (κ1) is 18.9. The number of halogens is 1. The van der Waals surface area contributed by atoms with Crippen molar-refractivity contribution in [3.8, 4) is 0 Å². The monoisotopic (exact) mass is 393 g/mol. The SMILES string of the molecule is O=C(CSCc1cccc(F)c1)N(c1ccccc1)[C@@H]1CCS(=O)(=O)C1. The van der Waals surface area contributed by atoms with E-state index in [2.05, 4.69) is 0 Å². The van der Waals surface area contributed by atoms with E-state index in [4.69, 9.17) is 0 Å². The molecule has 3 rings (SSSR count). The average Bonchev–Trinajstić information content (AvgIpc) is 2.96. The molecular weight excluding hydrogens is 373 g/mol. The summed E-state index contributed by atoms with van der Waals surface area (Å²) in [4.78, 5) is 14.4. The third-order valence-corrected chi connectivity index (χ3v) is 7.00. The fourth-order valence-corrected chi connectivity index (χ4v) is 5.61. The van der Waals surface area contributed by atoms with Crippen LogP contribution >= 0.6 is 11.8 Å². The van der Waals surface area contributed by atoms with Crippen LogP contribution in [-0.2, 0) is 20.4 Å². The molecule has 0 unspecified atom stereocenters. The lowest BCUT2D eigenvalue weighted by Gasteiger charge is -2.28. The first-order valence-electron chi connectivity index (χ1n) is 8.34. The van der Waals surface area contributed by atoms with Crippen LogP contribution in [0.25, 0.3) is 0 Å². The zero-order valence-electron chi connectivity index (χ0n) is 14.2. The number of carbonyl (C=O) groups is 1. The van der Waals surface area contributed by atoms with E-state index >= 15 is 0 Å². The minimum absolute atomic E-state index is 0.00218. The summed E-state index contributed by atoms with van der Waals surface area (Å²) in [5.41, 5.74) is 1.53. The van der Waals surface area contributed by atoms with Gasteiger partial charge < -0.3 is 4.90 Å². The molecule has 1 aliphatic heterocycles. The summed E-state index contributed by atoms with van der Waals surface area (Å²) in [5.74, 6) is 0.431. The van der Waals surface area contributed by atoms with Crippen LogP contribution < -0.4 is 4.90 Å². The number of para-hydroxylation sites is 1. The molecule has 4 nitrogen and oxygen atoms in total. The van der Waals surface area contributed by atoms with Gasteiger partial charge in [0.15, 0.2) is 9.84 Å². The quantitative estimate of drug-likeness (QED) is 0.756. The molecule has 0 N–H and O–H groups in total. The fourth-order valence-electron chi connectivity index (χ4n) is 3.08. The van der Waals surface area contributed by atoms with Gasteiger partial charge in [0, 0.05) is 11.4 Å². The number of amides is 1. The van der Waals surface area contributed by atoms with Crippen molar-refractivity contribution in [3.63, 3.8) is 0 Å². The highest BCUT2D eigenvalue weighted by Crippen LogP contribution is 2.26. The van der Waals surface area contributed by atoms with Crippen molar-refractivity contribution in [1.82, 2.24) is 0 Å². The van der Waals surface area contributed by atoms with Crippen LogP contribution in [0.5, 0.6) is 0 Å². The maximum atomic E-state index is 13.2. The minimum atomic E-state index is -3.09. The summed E-state index contributed by atoms with van der Waals surface area (Å²) in [6.07, 6.45) is 0.456. The van der Waals surface area contributed by atoms with Gasteiger partial charge in [0.05, 0.1) is 23.3 Å². The van der Waals surface area contributed by atoms with E-state index in [1.54, 1.807) is 11.0 Å². The van der Waals surface area contributed by atoms with Gasteiger partial charge in [-0.05, 0) is 36.2 Å². The van der Waals surface area contributed by atoms with Crippen LogP contribution in [0, 0.1) is 5.82 Å². The zero-order chi connectivity index (χ0) is 18.6. The number of thioether (sulfide) groups is 1. The second kappa shape index (κ2) is 8.22. The van der Waals surface area contributed by atoms with Gasteiger partial charge in [0.1, 0.15) is 5.82 Å². The van der Waals surface area contributed by atoms with Crippen LogP contribution in [0.3, 0.4) is 0 Å². The molecule has 0 aliphatic carbocycles. The molecule has 0 radical (unpaired) electrons. The Morgan fingerprint density at radius 1 is 1.15 bits per heavy atom. The zero-order valence-corrected chi connectivity index (χ0v) is 15.8. The van der Waals surface area contributed by atoms with E-state index in [0.717, 1.165) is 5.56 Å². The Balaban J connectivity index is 1.69. The second-order valence-electron chi connectivity index (χ2n) is 6.28. The van der Waals surface area contributed by atoms with Crippen molar-refractivity contribution in [2.45, 2.75) is 18.2 Å². The summed E-state index contributed by atoms with van der Waals surface area (Å²) in [7, 11) is -3.09. The third-order valence-electron chi connectivity index (χ3n) is 4.26. The van der Waals surface area contributed by atoms with Gasteiger partial charge in [0.2, 0.25) is 5.91 Å². The summed E-state index contributed by atoms with van der Waals surface area (Å²) >= 11 is 1.40. The van der Waals surface area contributed by atoms with Crippen LogP contribution in [0.1, 0.15) is 12.0 Å². The summed E-state index contributed by atoms with van der Waals surface area (Å²) in [6.45, 7) is 0. The van der Waals surface area contributed by atoms with Gasteiger partial charge in [-0.15, -0.1) is 11.8 Å². The maximum Gasteiger partial charge on any atom is 0.237 e. The molecular formula is C19H20FNO3S2. The molecule has 1 aliphatic rings. The first-order chi connectivity index (χ1) is 12.4. The van der Waals surface area contributed by atoms with Gasteiger partial charge in [-0.2, -0.15) is 0 Å². The lowest BCUT2D eigenvalue weighted by atomic mass is 10.2. The second-order valence-corrected chi connectivity index (χ2v) is 9.49. The number of sulfone groups is 1. The van der Waals surface area contributed by atoms with Crippen molar-refractivity contribution in [1.29, 1.82) is 0 Å². The summed E-state index contributed by atoms with van der Waals surface area (Å²) in [5, 5.41) is 0. The molecule has 0 spiro atoms. The molecule has 2 aromatic carbocycles. The molecule has 0 aromatic heterocycles. The Kier molecular flexibility index (Phi) is 5.98. The van der Waals surface area contributed by atoms with Gasteiger partial charge in [-0.3, -0.25) is 4.79 Å². The lowest BCUT2D eigenvalue weighted by Crippen LogP contribution is -2.42. The third kappa shape index (κ3) is 4.86. The maximum absolute atomic E-state index is 13.2. The van der Waals surface area contributed by atoms with E-state index in [1.165, 1.54) is 23.9 Å². The smallest absolute Gasteiger partial charge is 0.237 e. The highest BCUT2D eigenvalue weighted by molar-refractivity contribution is 7.99. The van der Waals surface area contributed by atoms with E-state index in [9.17, 15) is 17.6 Å². The molecule has 1 fully saturated rings. The highest BCUT2D eigenvalue weighted by atomic mass is 32.2. The summed E-state index contributed by atoms with van der Waals surface area (Å²) in [6, 6.07) is 15.1. The van der Waals surface area contributed by atoms with Crippen molar-refractivity contribution in [3.05, 3.63) is 66.0 Å². The molecule has 2 aromatic rings. The van der Waals surface area contributed by atoms with E-state index < -0.39 is 9.84 Å². The molecule has 26 heavy (non-hydrogen) atoms.